The van der Waals surface area contributed by atoms with Gasteiger partial charge >= 0.3 is 0 Å². The Hall–Kier alpha value is -1.51. The zero-order chi connectivity index (χ0) is 19.5. The van der Waals surface area contributed by atoms with Crippen molar-refractivity contribution in [2.24, 2.45) is 17.3 Å². The SMILES string of the molecule is Cc1ccc(C23CC4CC(CC(C(=O)Nc5ccc(Cl)c(Cl)c5)(C4)C2)C3)cc1. The Kier molecular flexibility index (Phi) is 4.30. The number of nitrogens with one attached hydrogen (secondary N) is 1. The largest absolute Gasteiger partial charge is 0.326 e. The molecule has 28 heavy (non-hydrogen) atoms. The fourth-order valence-corrected chi connectivity index (χ4v) is 6.91. The Morgan fingerprint density at radius 1 is 0.964 bits per heavy atom. The maximum Gasteiger partial charge on any atom is 0.230 e. The number of halogens is 2. The Morgan fingerprint density at radius 3 is 2.29 bits per heavy atom. The first-order valence-corrected chi connectivity index (χ1v) is 11.0. The van der Waals surface area contributed by atoms with Crippen LogP contribution in [0.15, 0.2) is 42.5 Å². The van der Waals surface area contributed by atoms with E-state index in [1.165, 1.54) is 30.4 Å². The van der Waals surface area contributed by atoms with Crippen molar-refractivity contribution in [2.75, 3.05) is 5.32 Å². The fourth-order valence-electron chi connectivity index (χ4n) is 6.61. The maximum absolute atomic E-state index is 13.5. The fraction of sp³-hybridized carbons (Fsp3) is 0.458. The number of amides is 1. The lowest BCUT2D eigenvalue weighted by Gasteiger charge is -2.61. The quantitative estimate of drug-likeness (QED) is 0.589. The van der Waals surface area contributed by atoms with Gasteiger partial charge in [-0.3, -0.25) is 4.79 Å². The van der Waals surface area contributed by atoms with Crippen LogP contribution in [0.25, 0.3) is 0 Å². The molecule has 4 aliphatic rings. The predicted molar refractivity (Wildman–Crippen MR) is 115 cm³/mol. The second-order valence-electron chi connectivity index (χ2n) is 9.47. The number of hydrogen-bond acceptors (Lipinski definition) is 1. The second-order valence-corrected chi connectivity index (χ2v) is 10.3. The highest BCUT2D eigenvalue weighted by Gasteiger charge is 2.60. The number of hydrogen-bond donors (Lipinski definition) is 1. The van der Waals surface area contributed by atoms with Crippen molar-refractivity contribution < 1.29 is 4.79 Å². The molecule has 1 amide bonds. The number of rotatable bonds is 3. The molecule has 4 aliphatic carbocycles. The highest BCUT2D eigenvalue weighted by Crippen LogP contribution is 2.66. The first-order chi connectivity index (χ1) is 13.4. The van der Waals surface area contributed by atoms with E-state index in [1.807, 2.05) is 6.07 Å². The first-order valence-electron chi connectivity index (χ1n) is 10.2. The summed E-state index contributed by atoms with van der Waals surface area (Å²) in [5.41, 5.74) is 3.35. The van der Waals surface area contributed by atoms with Gasteiger partial charge in [-0.05, 0) is 86.5 Å². The molecular formula is C24H25Cl2NO. The number of anilines is 1. The normalized spacial score (nSPS) is 33.1. The van der Waals surface area contributed by atoms with Gasteiger partial charge in [0, 0.05) is 5.69 Å². The Balaban J connectivity index is 1.46. The third-order valence-corrected chi connectivity index (χ3v) is 8.12. The summed E-state index contributed by atoms with van der Waals surface area (Å²) < 4.78 is 0. The number of aryl methyl sites for hydroxylation is 1. The molecule has 6 rings (SSSR count). The van der Waals surface area contributed by atoms with Gasteiger partial charge in [0.25, 0.3) is 0 Å². The molecule has 2 unspecified atom stereocenters. The summed E-state index contributed by atoms with van der Waals surface area (Å²) in [4.78, 5) is 13.5. The molecule has 2 nitrogen and oxygen atoms in total. The van der Waals surface area contributed by atoms with Crippen molar-refractivity contribution in [2.45, 2.75) is 50.9 Å². The van der Waals surface area contributed by atoms with Crippen LogP contribution in [0.5, 0.6) is 0 Å². The lowest BCUT2D eigenvalue weighted by atomic mass is 9.42. The maximum atomic E-state index is 13.5. The van der Waals surface area contributed by atoms with Crippen molar-refractivity contribution in [3.8, 4) is 0 Å². The molecule has 4 bridgehead atoms. The molecule has 2 atom stereocenters. The van der Waals surface area contributed by atoms with Crippen LogP contribution in [0.3, 0.4) is 0 Å². The van der Waals surface area contributed by atoms with Crippen LogP contribution in [0.4, 0.5) is 5.69 Å². The summed E-state index contributed by atoms with van der Waals surface area (Å²) in [6.07, 6.45) is 6.75. The molecule has 4 saturated carbocycles. The summed E-state index contributed by atoms with van der Waals surface area (Å²) in [7, 11) is 0. The highest BCUT2D eigenvalue weighted by molar-refractivity contribution is 6.42. The van der Waals surface area contributed by atoms with Crippen LogP contribution >= 0.6 is 23.2 Å². The average Bonchev–Trinajstić information content (AvgIpc) is 2.64. The van der Waals surface area contributed by atoms with Crippen molar-refractivity contribution in [3.05, 3.63) is 63.6 Å². The monoisotopic (exact) mass is 413 g/mol. The van der Waals surface area contributed by atoms with E-state index in [1.54, 1.807) is 12.1 Å². The molecule has 4 heteroatoms. The van der Waals surface area contributed by atoms with Gasteiger partial charge in [-0.15, -0.1) is 0 Å². The standard InChI is InChI=1S/C24H25Cl2NO/c1-15-2-4-18(5-3-15)23-10-16-8-17(11-23)13-24(12-16,14-23)22(28)27-19-6-7-20(25)21(26)9-19/h2-7,9,16-17H,8,10-14H2,1H3,(H,27,28). The van der Waals surface area contributed by atoms with Crippen molar-refractivity contribution >= 4 is 34.8 Å². The lowest BCUT2D eigenvalue weighted by molar-refractivity contribution is -0.143. The lowest BCUT2D eigenvalue weighted by Crippen LogP contribution is -2.57. The van der Waals surface area contributed by atoms with E-state index >= 15 is 0 Å². The molecular weight excluding hydrogens is 389 g/mol. The summed E-state index contributed by atoms with van der Waals surface area (Å²) in [5.74, 6) is 1.47. The molecule has 2 aromatic rings. The Labute approximate surface area is 176 Å². The van der Waals surface area contributed by atoms with Crippen molar-refractivity contribution in [3.63, 3.8) is 0 Å². The van der Waals surface area contributed by atoms with Crippen molar-refractivity contribution in [1.29, 1.82) is 0 Å². The Bertz CT molecular complexity index is 922. The van der Waals surface area contributed by atoms with E-state index < -0.39 is 0 Å². The molecule has 2 aromatic carbocycles. The highest BCUT2D eigenvalue weighted by atomic mass is 35.5. The molecule has 0 radical (unpaired) electrons. The van der Waals surface area contributed by atoms with Gasteiger partial charge in [0.1, 0.15) is 0 Å². The second kappa shape index (κ2) is 6.50. The minimum absolute atomic E-state index is 0.159. The minimum atomic E-state index is -0.263. The summed E-state index contributed by atoms with van der Waals surface area (Å²) in [6, 6.07) is 14.4. The molecule has 4 fully saturated rings. The average molecular weight is 414 g/mol. The summed E-state index contributed by atoms with van der Waals surface area (Å²) >= 11 is 12.2. The van der Waals surface area contributed by atoms with E-state index in [0.717, 1.165) is 24.9 Å². The van der Waals surface area contributed by atoms with E-state index in [-0.39, 0.29) is 16.7 Å². The van der Waals surface area contributed by atoms with Crippen LogP contribution < -0.4 is 5.32 Å². The number of carbonyl (C=O) groups excluding carboxylic acids is 1. The minimum Gasteiger partial charge on any atom is -0.326 e. The van der Waals surface area contributed by atoms with Crippen molar-refractivity contribution in [1.82, 2.24) is 0 Å². The molecule has 0 heterocycles. The molecule has 1 N–H and O–H groups in total. The number of carbonyl (C=O) groups is 1. The third-order valence-electron chi connectivity index (χ3n) is 7.38. The smallest absolute Gasteiger partial charge is 0.230 e. The van der Waals surface area contributed by atoms with E-state index in [9.17, 15) is 4.79 Å². The predicted octanol–water partition coefficient (Wildman–Crippen LogP) is 6.78. The van der Waals surface area contributed by atoms with E-state index in [0.29, 0.717) is 21.9 Å². The van der Waals surface area contributed by atoms with Crippen LogP contribution in [-0.2, 0) is 10.2 Å². The zero-order valence-corrected chi connectivity index (χ0v) is 17.6. The summed E-state index contributed by atoms with van der Waals surface area (Å²) in [5, 5.41) is 4.14. The van der Waals surface area contributed by atoms with Gasteiger partial charge in [-0.1, -0.05) is 53.0 Å². The molecule has 0 spiro atoms. The molecule has 146 valence electrons. The molecule has 0 saturated heterocycles. The summed E-state index contributed by atoms with van der Waals surface area (Å²) in [6.45, 7) is 2.13. The molecule has 0 aromatic heterocycles. The van der Waals surface area contributed by atoms with Gasteiger partial charge in [0.2, 0.25) is 5.91 Å². The van der Waals surface area contributed by atoms with Crippen LogP contribution in [0.1, 0.15) is 49.7 Å². The van der Waals surface area contributed by atoms with E-state index in [4.69, 9.17) is 23.2 Å². The van der Waals surface area contributed by atoms with Crippen LogP contribution in [0, 0.1) is 24.2 Å². The van der Waals surface area contributed by atoms with Crippen LogP contribution in [0.2, 0.25) is 10.0 Å². The molecule has 0 aliphatic heterocycles. The van der Waals surface area contributed by atoms with Gasteiger partial charge < -0.3 is 5.32 Å². The Morgan fingerprint density at radius 2 is 1.64 bits per heavy atom. The number of benzene rings is 2. The van der Waals surface area contributed by atoms with Gasteiger partial charge in [-0.2, -0.15) is 0 Å². The first kappa shape index (κ1) is 18.5. The van der Waals surface area contributed by atoms with Gasteiger partial charge in [0.05, 0.1) is 15.5 Å². The van der Waals surface area contributed by atoms with Crippen LogP contribution in [-0.4, -0.2) is 5.91 Å². The van der Waals surface area contributed by atoms with E-state index in [2.05, 4.69) is 36.5 Å². The third kappa shape index (κ3) is 2.97. The zero-order valence-electron chi connectivity index (χ0n) is 16.1. The van der Waals surface area contributed by atoms with Gasteiger partial charge in [-0.25, -0.2) is 0 Å². The van der Waals surface area contributed by atoms with Gasteiger partial charge in [0.15, 0.2) is 0 Å². The topological polar surface area (TPSA) is 29.1 Å².